The summed E-state index contributed by atoms with van der Waals surface area (Å²) >= 11 is 8.70. The molecule has 0 saturated carbocycles. The van der Waals surface area contributed by atoms with Crippen molar-refractivity contribution in [2.75, 3.05) is 38.1 Å². The number of nitrogens with zero attached hydrogens (tertiary/aromatic N) is 1. The zero-order valence-electron chi connectivity index (χ0n) is 20.1. The lowest BCUT2D eigenvalue weighted by atomic mass is 10.2. The number of thiocarbonyl (C=S) groups is 1. The van der Waals surface area contributed by atoms with E-state index in [1.165, 1.54) is 0 Å². The van der Waals surface area contributed by atoms with Crippen molar-refractivity contribution in [1.82, 2.24) is 15.5 Å². The second-order valence-corrected chi connectivity index (χ2v) is 9.44. The monoisotopic (exact) mass is 548 g/mol. The molecule has 0 atom stereocenters. The summed E-state index contributed by atoms with van der Waals surface area (Å²) in [6.07, 6.45) is 0. The van der Waals surface area contributed by atoms with Crippen molar-refractivity contribution in [3.63, 3.8) is 0 Å². The molecule has 0 fully saturated rings. The molecule has 0 spiro atoms. The summed E-state index contributed by atoms with van der Waals surface area (Å²) < 4.78 is 6.54. The minimum atomic E-state index is -0.373. The molecule has 2 aromatic rings. The first-order valence-electron chi connectivity index (χ1n) is 11.4. The Morgan fingerprint density at radius 1 is 1.06 bits per heavy atom. The van der Waals surface area contributed by atoms with Gasteiger partial charge in [0.15, 0.2) is 5.11 Å². The molecule has 0 aliphatic rings. The number of hydrogen-bond acceptors (Lipinski definition) is 5. The maximum absolute atomic E-state index is 12.8. The Labute approximate surface area is 215 Å². The molecule has 2 amide bonds. The van der Waals surface area contributed by atoms with Gasteiger partial charge in [0.1, 0.15) is 5.75 Å². The highest BCUT2D eigenvalue weighted by atomic mass is 79.9. The lowest BCUT2D eigenvalue weighted by molar-refractivity contribution is 0.0946. The first kappa shape index (κ1) is 27.8. The number of halogens is 1. The molecular weight excluding hydrogens is 516 g/mol. The molecule has 0 unspecified atom stereocenters. The third-order valence-corrected chi connectivity index (χ3v) is 5.70. The molecule has 0 radical (unpaired) electrons. The number of nitrogens with one attached hydrogen (secondary N) is 3. The summed E-state index contributed by atoms with van der Waals surface area (Å²) in [6, 6.07) is 12.2. The van der Waals surface area contributed by atoms with E-state index in [4.69, 9.17) is 17.0 Å². The van der Waals surface area contributed by atoms with Crippen LogP contribution >= 0.6 is 28.1 Å². The second-order valence-electron chi connectivity index (χ2n) is 8.11. The standard InChI is InChI=1S/C25H33BrN4O3S/c1-5-30(6-2)14-13-27-23(31)18-7-10-20(11-8-18)28-25(34)29-24(32)21-15-19(26)9-12-22(21)33-16-17(3)4/h7-12,15,17H,5-6,13-14,16H2,1-4H3,(H,27,31)(H2,28,29,32,34). The number of carbonyl (C=O) groups is 2. The number of anilines is 1. The van der Waals surface area contributed by atoms with Crippen LogP contribution in [0.3, 0.4) is 0 Å². The zero-order valence-corrected chi connectivity index (χ0v) is 22.5. The molecule has 0 aromatic heterocycles. The third kappa shape index (κ3) is 9.04. The minimum absolute atomic E-state index is 0.127. The van der Waals surface area contributed by atoms with E-state index in [-0.39, 0.29) is 16.9 Å². The number of carbonyl (C=O) groups excluding carboxylic acids is 2. The Morgan fingerprint density at radius 3 is 2.35 bits per heavy atom. The predicted molar refractivity (Wildman–Crippen MR) is 145 cm³/mol. The quantitative estimate of drug-likeness (QED) is 0.353. The van der Waals surface area contributed by atoms with E-state index in [9.17, 15) is 9.59 Å². The van der Waals surface area contributed by atoms with E-state index in [0.717, 1.165) is 24.1 Å². The molecule has 9 heteroatoms. The maximum atomic E-state index is 12.8. The summed E-state index contributed by atoms with van der Waals surface area (Å²) in [6.45, 7) is 12.1. The summed E-state index contributed by atoms with van der Waals surface area (Å²) in [5, 5.41) is 8.74. The third-order valence-electron chi connectivity index (χ3n) is 5.00. The number of benzene rings is 2. The summed E-state index contributed by atoms with van der Waals surface area (Å²) in [7, 11) is 0. The van der Waals surface area contributed by atoms with Gasteiger partial charge in [0, 0.05) is 28.8 Å². The van der Waals surface area contributed by atoms with Gasteiger partial charge in [-0.2, -0.15) is 0 Å². The van der Waals surface area contributed by atoms with Crippen molar-refractivity contribution in [1.29, 1.82) is 0 Å². The smallest absolute Gasteiger partial charge is 0.261 e. The lowest BCUT2D eigenvalue weighted by Gasteiger charge is -2.18. The first-order chi connectivity index (χ1) is 16.2. The number of rotatable bonds is 11. The van der Waals surface area contributed by atoms with Gasteiger partial charge in [-0.3, -0.25) is 14.9 Å². The summed E-state index contributed by atoms with van der Waals surface area (Å²) in [4.78, 5) is 27.4. The van der Waals surface area contributed by atoms with Crippen LogP contribution in [0.5, 0.6) is 5.75 Å². The van der Waals surface area contributed by atoms with E-state index >= 15 is 0 Å². The topological polar surface area (TPSA) is 82.7 Å². The van der Waals surface area contributed by atoms with Gasteiger partial charge in [0.2, 0.25) is 0 Å². The van der Waals surface area contributed by atoms with Crippen molar-refractivity contribution in [3.8, 4) is 5.75 Å². The maximum Gasteiger partial charge on any atom is 0.261 e. The Bertz CT molecular complexity index is 979. The first-order valence-corrected chi connectivity index (χ1v) is 12.6. The highest BCUT2D eigenvalue weighted by molar-refractivity contribution is 9.10. The van der Waals surface area contributed by atoms with Crippen LogP contribution in [0, 0.1) is 5.92 Å². The van der Waals surface area contributed by atoms with Gasteiger partial charge in [-0.25, -0.2) is 0 Å². The van der Waals surface area contributed by atoms with Crippen LogP contribution in [0.4, 0.5) is 5.69 Å². The van der Waals surface area contributed by atoms with Gasteiger partial charge < -0.3 is 20.3 Å². The van der Waals surface area contributed by atoms with Gasteiger partial charge in [0.25, 0.3) is 11.8 Å². The number of amides is 2. The van der Waals surface area contributed by atoms with E-state index in [1.54, 1.807) is 36.4 Å². The summed E-state index contributed by atoms with van der Waals surface area (Å²) in [5.74, 6) is 0.322. The van der Waals surface area contributed by atoms with Crippen molar-refractivity contribution in [2.45, 2.75) is 27.7 Å². The van der Waals surface area contributed by atoms with Crippen LogP contribution in [0.2, 0.25) is 0 Å². The molecule has 34 heavy (non-hydrogen) atoms. The predicted octanol–water partition coefficient (Wildman–Crippen LogP) is 4.68. The van der Waals surface area contributed by atoms with Crippen LogP contribution in [0.15, 0.2) is 46.9 Å². The Hall–Kier alpha value is -2.49. The lowest BCUT2D eigenvalue weighted by Crippen LogP contribution is -2.35. The van der Waals surface area contributed by atoms with Crippen molar-refractivity contribution < 1.29 is 14.3 Å². The number of likely N-dealkylation sites (N-methyl/N-ethyl adjacent to an activating group) is 1. The van der Waals surface area contributed by atoms with E-state index in [1.807, 2.05) is 19.9 Å². The fourth-order valence-corrected chi connectivity index (χ4v) is 3.64. The SMILES string of the molecule is CCN(CC)CCNC(=O)c1ccc(NC(=S)NC(=O)c2cc(Br)ccc2OCC(C)C)cc1. The number of hydrogen-bond donors (Lipinski definition) is 3. The van der Waals surface area contributed by atoms with Crippen molar-refractivity contribution >= 4 is 50.8 Å². The fraction of sp³-hybridized carbons (Fsp3) is 0.400. The van der Waals surface area contributed by atoms with Crippen LogP contribution in [0.1, 0.15) is 48.4 Å². The Morgan fingerprint density at radius 2 is 1.74 bits per heavy atom. The average Bonchev–Trinajstić information content (AvgIpc) is 2.81. The van der Waals surface area contributed by atoms with E-state index in [2.05, 4.69) is 50.6 Å². The van der Waals surface area contributed by atoms with Gasteiger partial charge in [0.05, 0.1) is 12.2 Å². The highest BCUT2D eigenvalue weighted by Crippen LogP contribution is 2.24. The van der Waals surface area contributed by atoms with E-state index in [0.29, 0.717) is 41.6 Å². The Balaban J connectivity index is 1.92. The molecule has 0 heterocycles. The minimum Gasteiger partial charge on any atom is -0.492 e. The molecule has 2 aromatic carbocycles. The second kappa shape index (κ2) is 14.0. The summed E-state index contributed by atoms with van der Waals surface area (Å²) in [5.41, 5.74) is 1.60. The van der Waals surface area contributed by atoms with Crippen LogP contribution in [0.25, 0.3) is 0 Å². The van der Waals surface area contributed by atoms with Crippen LogP contribution in [-0.2, 0) is 0 Å². The van der Waals surface area contributed by atoms with Gasteiger partial charge in [-0.1, -0.05) is 43.6 Å². The average molecular weight is 550 g/mol. The fourth-order valence-electron chi connectivity index (χ4n) is 3.07. The molecule has 184 valence electrons. The van der Waals surface area contributed by atoms with Gasteiger partial charge in [-0.15, -0.1) is 0 Å². The van der Waals surface area contributed by atoms with Gasteiger partial charge in [-0.05, 0) is 73.7 Å². The molecule has 0 aliphatic heterocycles. The largest absolute Gasteiger partial charge is 0.492 e. The van der Waals surface area contributed by atoms with Crippen molar-refractivity contribution in [2.24, 2.45) is 5.92 Å². The molecular formula is C25H33BrN4O3S. The van der Waals surface area contributed by atoms with Crippen LogP contribution < -0.4 is 20.7 Å². The highest BCUT2D eigenvalue weighted by Gasteiger charge is 2.15. The molecule has 0 saturated heterocycles. The normalized spacial score (nSPS) is 10.8. The Kier molecular flexibility index (Phi) is 11.5. The molecule has 0 aliphatic carbocycles. The molecule has 3 N–H and O–H groups in total. The van der Waals surface area contributed by atoms with Crippen molar-refractivity contribution in [3.05, 3.63) is 58.1 Å². The van der Waals surface area contributed by atoms with Crippen LogP contribution in [-0.4, -0.2) is 54.6 Å². The molecule has 2 rings (SSSR count). The van der Waals surface area contributed by atoms with Gasteiger partial charge >= 0.3 is 0 Å². The zero-order chi connectivity index (χ0) is 25.1. The van der Waals surface area contributed by atoms with E-state index < -0.39 is 0 Å². The molecule has 0 bridgehead atoms. The number of ether oxygens (including phenoxy) is 1. The molecule has 7 nitrogen and oxygen atoms in total.